The second-order valence-corrected chi connectivity index (χ2v) is 13.0. The summed E-state index contributed by atoms with van der Waals surface area (Å²) in [6, 6.07) is 0. The molecule has 0 saturated heterocycles. The minimum absolute atomic E-state index is 0.234. The second-order valence-electron chi connectivity index (χ2n) is 13.0. The highest BCUT2D eigenvalue weighted by Crippen LogP contribution is 2.15. The number of rotatable bonds is 32. The van der Waals surface area contributed by atoms with Crippen molar-refractivity contribution in [2.75, 3.05) is 26.2 Å². The summed E-state index contributed by atoms with van der Waals surface area (Å²) < 4.78 is 0. The highest BCUT2D eigenvalue weighted by molar-refractivity contribution is 5.83. The molecule has 1 amide bonds. The van der Waals surface area contributed by atoms with Crippen LogP contribution in [-0.2, 0) is 4.79 Å². The molecule has 0 spiro atoms. The Morgan fingerprint density at radius 1 is 0.585 bits per heavy atom. The van der Waals surface area contributed by atoms with E-state index in [1.165, 1.54) is 173 Å². The predicted octanol–water partition coefficient (Wildman–Crippen LogP) is 11.2. The molecule has 0 bridgehead atoms. The normalized spacial score (nSPS) is 13.2. The van der Waals surface area contributed by atoms with E-state index in [0.717, 1.165) is 39.0 Å². The van der Waals surface area contributed by atoms with Crippen molar-refractivity contribution in [2.24, 2.45) is 4.99 Å². The Morgan fingerprint density at radius 2 is 0.976 bits per heavy atom. The molecule has 1 aliphatic rings. The molecule has 1 heterocycles. The molecule has 1 aliphatic heterocycles. The van der Waals surface area contributed by atoms with E-state index in [0.29, 0.717) is 6.42 Å². The Kier molecular flexibility index (Phi) is 28.1. The standard InChI is InChI=1S/C37H73N3O/c1-3-5-7-9-11-13-15-17-19-20-22-24-26-28-30-36-38-32-34-40(36)35-33-39-37(41)31-29-27-25-23-21-18-16-14-12-10-8-6-4-2/h3-35H2,1-2H3,(H,39,41). The number of carbonyl (C=O) groups is 1. The van der Waals surface area contributed by atoms with E-state index >= 15 is 0 Å². The van der Waals surface area contributed by atoms with Crippen LogP contribution in [0.5, 0.6) is 0 Å². The lowest BCUT2D eigenvalue weighted by Crippen LogP contribution is -2.36. The van der Waals surface area contributed by atoms with Crippen LogP contribution >= 0.6 is 0 Å². The van der Waals surface area contributed by atoms with Crippen molar-refractivity contribution < 1.29 is 4.79 Å². The molecule has 0 atom stereocenters. The minimum atomic E-state index is 0.234. The van der Waals surface area contributed by atoms with Crippen LogP contribution in [0.1, 0.15) is 200 Å². The molecular weight excluding hydrogens is 502 g/mol. The summed E-state index contributed by atoms with van der Waals surface area (Å²) in [5.41, 5.74) is 0. The topological polar surface area (TPSA) is 44.7 Å². The SMILES string of the molecule is CCCCCCCCCCCCCCCCC1=NCCN1CCNC(=O)CCCCCCCCCCCCCCC. The van der Waals surface area contributed by atoms with Crippen molar-refractivity contribution in [1.82, 2.24) is 10.2 Å². The summed E-state index contributed by atoms with van der Waals surface area (Å²) in [7, 11) is 0. The van der Waals surface area contributed by atoms with Crippen molar-refractivity contribution >= 4 is 11.7 Å². The summed E-state index contributed by atoms with van der Waals surface area (Å²) >= 11 is 0. The first kappa shape index (κ1) is 38.0. The van der Waals surface area contributed by atoms with E-state index in [-0.39, 0.29) is 5.91 Å². The molecule has 0 unspecified atom stereocenters. The Hall–Kier alpha value is -1.06. The molecule has 4 heteroatoms. The van der Waals surface area contributed by atoms with E-state index in [9.17, 15) is 4.79 Å². The van der Waals surface area contributed by atoms with Gasteiger partial charge in [0.15, 0.2) is 0 Å². The van der Waals surface area contributed by atoms with Gasteiger partial charge in [0, 0.05) is 32.5 Å². The monoisotopic (exact) mass is 576 g/mol. The molecule has 0 aromatic carbocycles. The molecular formula is C37H73N3O. The van der Waals surface area contributed by atoms with Gasteiger partial charge in [-0.1, -0.05) is 174 Å². The van der Waals surface area contributed by atoms with Crippen molar-refractivity contribution in [3.8, 4) is 0 Å². The third-order valence-electron chi connectivity index (χ3n) is 8.99. The van der Waals surface area contributed by atoms with Gasteiger partial charge < -0.3 is 10.2 Å². The van der Waals surface area contributed by atoms with Crippen LogP contribution in [0.2, 0.25) is 0 Å². The zero-order chi connectivity index (χ0) is 29.5. The van der Waals surface area contributed by atoms with Crippen LogP contribution in [0.25, 0.3) is 0 Å². The van der Waals surface area contributed by atoms with E-state index in [2.05, 4.69) is 24.1 Å². The first-order valence-electron chi connectivity index (χ1n) is 18.8. The largest absolute Gasteiger partial charge is 0.357 e. The Bertz CT molecular complexity index is 591. The summed E-state index contributed by atoms with van der Waals surface area (Å²) in [6.45, 7) is 8.22. The second kappa shape index (κ2) is 30.4. The fourth-order valence-electron chi connectivity index (χ4n) is 6.21. The highest BCUT2D eigenvalue weighted by atomic mass is 16.1. The Labute approximate surface area is 257 Å². The number of nitrogens with one attached hydrogen (secondary N) is 1. The number of carbonyl (C=O) groups excluding carboxylic acids is 1. The average molecular weight is 576 g/mol. The quantitative estimate of drug-likeness (QED) is 0.0811. The van der Waals surface area contributed by atoms with Crippen molar-refractivity contribution in [2.45, 2.75) is 200 Å². The van der Waals surface area contributed by atoms with Gasteiger partial charge in [0.25, 0.3) is 0 Å². The van der Waals surface area contributed by atoms with Crippen LogP contribution in [0.4, 0.5) is 0 Å². The predicted molar refractivity (Wildman–Crippen MR) is 182 cm³/mol. The average Bonchev–Trinajstić information content (AvgIpc) is 3.42. The summed E-state index contributed by atoms with van der Waals surface area (Å²) in [4.78, 5) is 19.4. The first-order chi connectivity index (χ1) is 20.3. The Morgan fingerprint density at radius 3 is 1.41 bits per heavy atom. The van der Waals surface area contributed by atoms with Crippen molar-refractivity contribution in [1.29, 1.82) is 0 Å². The molecule has 0 aromatic rings. The molecule has 0 radical (unpaired) electrons. The van der Waals surface area contributed by atoms with Crippen LogP contribution in [0, 0.1) is 0 Å². The number of amides is 1. The van der Waals surface area contributed by atoms with Gasteiger partial charge in [0.1, 0.15) is 0 Å². The van der Waals surface area contributed by atoms with Crippen LogP contribution < -0.4 is 5.32 Å². The van der Waals surface area contributed by atoms with Gasteiger partial charge in [-0.15, -0.1) is 0 Å². The third kappa shape index (κ3) is 25.2. The molecule has 1 rings (SSSR count). The fraction of sp³-hybridized carbons (Fsp3) is 0.946. The van der Waals surface area contributed by atoms with E-state index in [1.807, 2.05) is 0 Å². The molecule has 1 N–H and O–H groups in total. The first-order valence-corrected chi connectivity index (χ1v) is 18.8. The highest BCUT2D eigenvalue weighted by Gasteiger charge is 2.16. The van der Waals surface area contributed by atoms with Gasteiger partial charge in [0.2, 0.25) is 5.91 Å². The number of unbranched alkanes of at least 4 members (excludes halogenated alkanes) is 25. The summed E-state index contributed by atoms with van der Waals surface area (Å²) in [5.74, 6) is 1.52. The molecule has 0 fully saturated rings. The number of hydrogen-bond acceptors (Lipinski definition) is 3. The van der Waals surface area contributed by atoms with Crippen LogP contribution in [0.3, 0.4) is 0 Å². The lowest BCUT2D eigenvalue weighted by molar-refractivity contribution is -0.121. The van der Waals surface area contributed by atoms with Crippen LogP contribution in [0.15, 0.2) is 4.99 Å². The fourth-order valence-corrected chi connectivity index (χ4v) is 6.21. The van der Waals surface area contributed by atoms with Gasteiger partial charge >= 0.3 is 0 Å². The maximum atomic E-state index is 12.3. The summed E-state index contributed by atoms with van der Waals surface area (Å²) in [6.07, 6.45) is 39.0. The van der Waals surface area contributed by atoms with Crippen molar-refractivity contribution in [3.05, 3.63) is 0 Å². The zero-order valence-electron chi connectivity index (χ0n) is 28.1. The summed E-state index contributed by atoms with van der Waals surface area (Å²) in [5, 5.41) is 3.16. The maximum Gasteiger partial charge on any atom is 0.220 e. The third-order valence-corrected chi connectivity index (χ3v) is 8.99. The maximum absolute atomic E-state index is 12.3. The lowest BCUT2D eigenvalue weighted by Gasteiger charge is -2.20. The lowest BCUT2D eigenvalue weighted by atomic mass is 10.0. The molecule has 242 valence electrons. The van der Waals surface area contributed by atoms with Gasteiger partial charge in [0.05, 0.1) is 12.4 Å². The molecule has 0 saturated carbocycles. The number of aliphatic imine (C=N–C) groups is 1. The van der Waals surface area contributed by atoms with Gasteiger partial charge in [-0.3, -0.25) is 9.79 Å². The molecule has 0 aromatic heterocycles. The van der Waals surface area contributed by atoms with Crippen LogP contribution in [-0.4, -0.2) is 42.8 Å². The van der Waals surface area contributed by atoms with E-state index in [1.54, 1.807) is 0 Å². The van der Waals surface area contributed by atoms with Gasteiger partial charge in [-0.25, -0.2) is 0 Å². The molecule has 0 aliphatic carbocycles. The van der Waals surface area contributed by atoms with Gasteiger partial charge in [-0.05, 0) is 12.8 Å². The molecule has 41 heavy (non-hydrogen) atoms. The van der Waals surface area contributed by atoms with Crippen molar-refractivity contribution in [3.63, 3.8) is 0 Å². The number of nitrogens with zero attached hydrogens (tertiary/aromatic N) is 2. The number of hydrogen-bond donors (Lipinski definition) is 1. The minimum Gasteiger partial charge on any atom is -0.357 e. The Balaban J connectivity index is 1.86. The van der Waals surface area contributed by atoms with Gasteiger partial charge in [-0.2, -0.15) is 0 Å². The molecule has 4 nitrogen and oxygen atoms in total. The van der Waals surface area contributed by atoms with E-state index in [4.69, 9.17) is 4.99 Å². The van der Waals surface area contributed by atoms with E-state index < -0.39 is 0 Å². The smallest absolute Gasteiger partial charge is 0.220 e. The zero-order valence-corrected chi connectivity index (χ0v) is 28.1. The number of amidine groups is 1.